The molecule has 0 aliphatic carbocycles. The summed E-state index contributed by atoms with van der Waals surface area (Å²) >= 11 is 0. The molecule has 4 aromatic carbocycles. The molecule has 0 aliphatic rings. The lowest BCUT2D eigenvalue weighted by Crippen LogP contribution is -2.06. The largest absolute Gasteiger partial charge is 0.497 e. The quantitative estimate of drug-likeness (QED) is 0.384. The van der Waals surface area contributed by atoms with Gasteiger partial charge in [-0.05, 0) is 46.2 Å². The molecule has 0 spiro atoms. The highest BCUT2D eigenvalue weighted by Crippen LogP contribution is 2.24. The third-order valence-electron chi connectivity index (χ3n) is 5.46. The van der Waals surface area contributed by atoms with E-state index in [4.69, 9.17) is 9.72 Å². The first kappa shape index (κ1) is 17.5. The standard InChI is InChI=1S/C26H22N2O/c1-29-22-15-13-19(14-16-22)17-26-27-24-11-4-5-12-25(24)28(26)18-21-9-6-8-20-7-2-3-10-23(20)21/h2-16H,17-18H2,1H3. The Morgan fingerprint density at radius 3 is 2.41 bits per heavy atom. The summed E-state index contributed by atoms with van der Waals surface area (Å²) in [5.74, 6) is 1.95. The molecule has 5 aromatic rings. The van der Waals surface area contributed by atoms with Crippen molar-refractivity contribution in [2.75, 3.05) is 7.11 Å². The van der Waals surface area contributed by atoms with Gasteiger partial charge in [-0.3, -0.25) is 0 Å². The van der Waals surface area contributed by atoms with Gasteiger partial charge in [0.2, 0.25) is 0 Å². The van der Waals surface area contributed by atoms with E-state index >= 15 is 0 Å². The average molecular weight is 378 g/mol. The molecule has 0 fully saturated rings. The molecule has 1 heterocycles. The van der Waals surface area contributed by atoms with E-state index in [9.17, 15) is 0 Å². The Kier molecular flexibility index (Phi) is 4.49. The second-order valence-electron chi connectivity index (χ2n) is 7.27. The van der Waals surface area contributed by atoms with Gasteiger partial charge in [0.1, 0.15) is 11.6 Å². The molecule has 0 radical (unpaired) electrons. The van der Waals surface area contributed by atoms with Crippen LogP contribution in [-0.2, 0) is 13.0 Å². The monoisotopic (exact) mass is 378 g/mol. The maximum atomic E-state index is 5.29. The van der Waals surface area contributed by atoms with Gasteiger partial charge in [-0.1, -0.05) is 66.7 Å². The van der Waals surface area contributed by atoms with Crippen LogP contribution in [-0.4, -0.2) is 16.7 Å². The number of ether oxygens (including phenoxy) is 1. The molecule has 3 nitrogen and oxygen atoms in total. The summed E-state index contributed by atoms with van der Waals surface area (Å²) in [5, 5.41) is 2.56. The van der Waals surface area contributed by atoms with Crippen LogP contribution in [0.15, 0.2) is 91.0 Å². The number of benzene rings is 4. The molecule has 0 amide bonds. The Bertz CT molecular complexity index is 1280. The lowest BCUT2D eigenvalue weighted by molar-refractivity contribution is 0.414. The van der Waals surface area contributed by atoms with Crippen LogP contribution in [0.4, 0.5) is 0 Å². The minimum Gasteiger partial charge on any atom is -0.497 e. The summed E-state index contributed by atoms with van der Waals surface area (Å²) < 4.78 is 7.64. The van der Waals surface area contributed by atoms with E-state index in [-0.39, 0.29) is 0 Å². The highest BCUT2D eigenvalue weighted by atomic mass is 16.5. The zero-order valence-corrected chi connectivity index (χ0v) is 16.4. The zero-order chi connectivity index (χ0) is 19.6. The van der Waals surface area contributed by atoms with Crippen molar-refractivity contribution in [1.29, 1.82) is 0 Å². The predicted octanol–water partition coefficient (Wildman–Crippen LogP) is 5.84. The van der Waals surface area contributed by atoms with Gasteiger partial charge in [0, 0.05) is 13.0 Å². The van der Waals surface area contributed by atoms with Gasteiger partial charge in [0.15, 0.2) is 0 Å². The van der Waals surface area contributed by atoms with Gasteiger partial charge in [0.25, 0.3) is 0 Å². The van der Waals surface area contributed by atoms with E-state index in [0.29, 0.717) is 0 Å². The fourth-order valence-electron chi connectivity index (χ4n) is 3.96. The van der Waals surface area contributed by atoms with Crippen LogP contribution < -0.4 is 4.74 Å². The molecule has 0 saturated heterocycles. The van der Waals surface area contributed by atoms with Crippen LogP contribution in [0, 0.1) is 0 Å². The zero-order valence-electron chi connectivity index (χ0n) is 16.4. The maximum Gasteiger partial charge on any atom is 0.118 e. The van der Waals surface area contributed by atoms with E-state index in [1.54, 1.807) is 7.11 Å². The average Bonchev–Trinajstić information content (AvgIpc) is 3.11. The Morgan fingerprint density at radius 1 is 0.793 bits per heavy atom. The van der Waals surface area contributed by atoms with Gasteiger partial charge in [0.05, 0.1) is 18.1 Å². The number of aromatic nitrogens is 2. The number of hydrogen-bond donors (Lipinski definition) is 0. The van der Waals surface area contributed by atoms with Crippen molar-refractivity contribution >= 4 is 21.8 Å². The van der Waals surface area contributed by atoms with E-state index in [1.165, 1.54) is 27.4 Å². The molecule has 3 heteroatoms. The molecule has 5 rings (SSSR count). The van der Waals surface area contributed by atoms with Crippen molar-refractivity contribution in [3.8, 4) is 5.75 Å². The Morgan fingerprint density at radius 2 is 1.55 bits per heavy atom. The van der Waals surface area contributed by atoms with Crippen LogP contribution in [0.5, 0.6) is 5.75 Å². The van der Waals surface area contributed by atoms with E-state index < -0.39 is 0 Å². The van der Waals surface area contributed by atoms with Gasteiger partial charge in [-0.2, -0.15) is 0 Å². The van der Waals surface area contributed by atoms with Gasteiger partial charge < -0.3 is 9.30 Å². The molecule has 0 aliphatic heterocycles. The summed E-state index contributed by atoms with van der Waals surface area (Å²) in [5.41, 5.74) is 4.74. The normalized spacial score (nSPS) is 11.2. The second kappa shape index (κ2) is 7.44. The van der Waals surface area contributed by atoms with Gasteiger partial charge in [-0.15, -0.1) is 0 Å². The summed E-state index contributed by atoms with van der Waals surface area (Å²) in [4.78, 5) is 4.96. The molecular formula is C26H22N2O. The third-order valence-corrected chi connectivity index (χ3v) is 5.46. The minimum atomic E-state index is 0.781. The van der Waals surface area contributed by atoms with E-state index in [0.717, 1.165) is 30.1 Å². The Balaban J connectivity index is 1.59. The molecule has 0 unspecified atom stereocenters. The number of methoxy groups -OCH3 is 1. The number of rotatable bonds is 5. The number of nitrogens with zero attached hydrogens (tertiary/aromatic N) is 2. The van der Waals surface area contributed by atoms with Crippen molar-refractivity contribution in [3.05, 3.63) is 108 Å². The SMILES string of the molecule is COc1ccc(Cc2nc3ccccc3n2Cc2cccc3ccccc23)cc1. The highest BCUT2D eigenvalue weighted by molar-refractivity contribution is 5.86. The fraction of sp³-hybridized carbons (Fsp3) is 0.115. The van der Waals surface area contributed by atoms with Crippen molar-refractivity contribution < 1.29 is 4.74 Å². The molecule has 0 N–H and O–H groups in total. The van der Waals surface area contributed by atoms with Crippen LogP contribution in [0.25, 0.3) is 21.8 Å². The number of para-hydroxylation sites is 2. The van der Waals surface area contributed by atoms with Crippen LogP contribution >= 0.6 is 0 Å². The lowest BCUT2D eigenvalue weighted by Gasteiger charge is -2.12. The summed E-state index contributed by atoms with van der Waals surface area (Å²) in [6.45, 7) is 0.799. The molecule has 0 saturated carbocycles. The number of fused-ring (bicyclic) bond motifs is 2. The molecule has 0 bridgehead atoms. The topological polar surface area (TPSA) is 27.1 Å². The van der Waals surface area contributed by atoms with Crippen molar-refractivity contribution in [3.63, 3.8) is 0 Å². The minimum absolute atomic E-state index is 0.781. The van der Waals surface area contributed by atoms with E-state index in [1.807, 2.05) is 12.1 Å². The Labute approximate surface area is 170 Å². The first-order valence-electron chi connectivity index (χ1n) is 9.85. The van der Waals surface area contributed by atoms with Crippen molar-refractivity contribution in [2.45, 2.75) is 13.0 Å². The third kappa shape index (κ3) is 3.36. The smallest absolute Gasteiger partial charge is 0.118 e. The summed E-state index contributed by atoms with van der Waals surface area (Å²) in [6.07, 6.45) is 0.781. The summed E-state index contributed by atoms with van der Waals surface area (Å²) in [7, 11) is 1.69. The van der Waals surface area contributed by atoms with E-state index in [2.05, 4.69) is 83.4 Å². The molecule has 0 atom stereocenters. The first-order valence-corrected chi connectivity index (χ1v) is 9.85. The number of hydrogen-bond acceptors (Lipinski definition) is 2. The van der Waals surface area contributed by atoms with Crippen LogP contribution in [0.2, 0.25) is 0 Å². The fourth-order valence-corrected chi connectivity index (χ4v) is 3.96. The molecule has 29 heavy (non-hydrogen) atoms. The lowest BCUT2D eigenvalue weighted by atomic mass is 10.0. The van der Waals surface area contributed by atoms with Crippen molar-refractivity contribution in [1.82, 2.24) is 9.55 Å². The predicted molar refractivity (Wildman–Crippen MR) is 119 cm³/mol. The van der Waals surface area contributed by atoms with Crippen LogP contribution in [0.3, 0.4) is 0 Å². The highest BCUT2D eigenvalue weighted by Gasteiger charge is 2.13. The van der Waals surface area contributed by atoms with Gasteiger partial charge >= 0.3 is 0 Å². The van der Waals surface area contributed by atoms with Gasteiger partial charge in [-0.25, -0.2) is 4.98 Å². The second-order valence-corrected chi connectivity index (χ2v) is 7.27. The molecule has 1 aromatic heterocycles. The first-order chi connectivity index (χ1) is 14.3. The summed E-state index contributed by atoms with van der Waals surface area (Å²) in [6, 6.07) is 31.7. The Hall–Kier alpha value is -3.59. The maximum absolute atomic E-state index is 5.29. The van der Waals surface area contributed by atoms with Crippen LogP contribution in [0.1, 0.15) is 17.0 Å². The molecule has 142 valence electrons. The molecular weight excluding hydrogens is 356 g/mol. The van der Waals surface area contributed by atoms with Crippen molar-refractivity contribution in [2.24, 2.45) is 0 Å². The number of imidazole rings is 1.